The zero-order valence-corrected chi connectivity index (χ0v) is 17.3. The molecule has 1 aliphatic rings. The summed E-state index contributed by atoms with van der Waals surface area (Å²) in [6, 6.07) is 22.6. The van der Waals surface area contributed by atoms with Gasteiger partial charge in [0.15, 0.2) is 5.65 Å². The SMILES string of the molecule is O=C(NC1CCN(Cc2ccccc2)CC1)c1cnn2c(-c3ccccc3)ccnc12. The molecule has 1 N–H and O–H groups in total. The Bertz CT molecular complexity index is 1160. The topological polar surface area (TPSA) is 62.5 Å². The first-order valence-corrected chi connectivity index (χ1v) is 10.7. The van der Waals surface area contributed by atoms with Gasteiger partial charge in [-0.15, -0.1) is 0 Å². The van der Waals surface area contributed by atoms with Crippen molar-refractivity contribution < 1.29 is 4.79 Å². The Labute approximate surface area is 181 Å². The number of hydrogen-bond donors (Lipinski definition) is 1. The van der Waals surface area contributed by atoms with E-state index in [-0.39, 0.29) is 11.9 Å². The van der Waals surface area contributed by atoms with Gasteiger partial charge in [-0.1, -0.05) is 60.7 Å². The van der Waals surface area contributed by atoms with Gasteiger partial charge < -0.3 is 5.32 Å². The highest BCUT2D eigenvalue weighted by molar-refractivity contribution is 6.00. The van der Waals surface area contributed by atoms with E-state index in [1.165, 1.54) is 5.56 Å². The Morgan fingerprint density at radius 1 is 0.968 bits per heavy atom. The minimum Gasteiger partial charge on any atom is -0.349 e. The van der Waals surface area contributed by atoms with Crippen LogP contribution >= 0.6 is 0 Å². The maximum atomic E-state index is 13.0. The van der Waals surface area contributed by atoms with Crippen LogP contribution in [-0.2, 0) is 6.54 Å². The van der Waals surface area contributed by atoms with Crippen LogP contribution in [0.2, 0.25) is 0 Å². The van der Waals surface area contributed by atoms with Crippen molar-refractivity contribution in [3.05, 3.63) is 90.3 Å². The zero-order valence-electron chi connectivity index (χ0n) is 17.3. The number of fused-ring (bicyclic) bond motifs is 1. The number of rotatable bonds is 5. The molecule has 5 rings (SSSR count). The van der Waals surface area contributed by atoms with Crippen molar-refractivity contribution in [2.45, 2.75) is 25.4 Å². The molecule has 3 heterocycles. The van der Waals surface area contributed by atoms with E-state index < -0.39 is 0 Å². The van der Waals surface area contributed by atoms with Crippen molar-refractivity contribution in [3.8, 4) is 11.3 Å². The van der Waals surface area contributed by atoms with E-state index in [0.717, 1.165) is 43.7 Å². The highest BCUT2D eigenvalue weighted by Gasteiger charge is 2.23. The van der Waals surface area contributed by atoms with Crippen LogP contribution in [0.1, 0.15) is 28.8 Å². The summed E-state index contributed by atoms with van der Waals surface area (Å²) in [5, 5.41) is 7.65. The predicted octanol–water partition coefficient (Wildman–Crippen LogP) is 3.79. The van der Waals surface area contributed by atoms with Gasteiger partial charge in [0, 0.05) is 37.4 Å². The number of aromatic nitrogens is 3. The predicted molar refractivity (Wildman–Crippen MR) is 121 cm³/mol. The fraction of sp³-hybridized carbons (Fsp3) is 0.240. The molecule has 0 unspecified atom stereocenters. The van der Waals surface area contributed by atoms with Gasteiger partial charge in [-0.05, 0) is 24.5 Å². The van der Waals surface area contributed by atoms with Crippen LogP contribution in [0, 0.1) is 0 Å². The Morgan fingerprint density at radius 3 is 2.42 bits per heavy atom. The minimum atomic E-state index is -0.103. The second-order valence-electron chi connectivity index (χ2n) is 8.00. The van der Waals surface area contributed by atoms with E-state index in [1.54, 1.807) is 16.9 Å². The Hall–Kier alpha value is -3.51. The molecule has 0 spiro atoms. The van der Waals surface area contributed by atoms with Crippen molar-refractivity contribution in [1.82, 2.24) is 24.8 Å². The number of likely N-dealkylation sites (tertiary alicyclic amines) is 1. The second kappa shape index (κ2) is 8.70. The first kappa shape index (κ1) is 19.5. The summed E-state index contributed by atoms with van der Waals surface area (Å²) in [6.07, 6.45) is 5.24. The number of benzene rings is 2. The van der Waals surface area contributed by atoms with Crippen molar-refractivity contribution in [3.63, 3.8) is 0 Å². The quantitative estimate of drug-likeness (QED) is 0.543. The third-order valence-corrected chi connectivity index (χ3v) is 5.89. The number of carbonyl (C=O) groups is 1. The Balaban J connectivity index is 1.25. The van der Waals surface area contributed by atoms with E-state index in [9.17, 15) is 4.79 Å². The van der Waals surface area contributed by atoms with E-state index in [2.05, 4.69) is 44.6 Å². The molecule has 1 fully saturated rings. The largest absolute Gasteiger partial charge is 0.349 e. The zero-order chi connectivity index (χ0) is 21.0. The summed E-state index contributed by atoms with van der Waals surface area (Å²) in [4.78, 5) is 19.9. The van der Waals surface area contributed by atoms with Gasteiger partial charge in [0.2, 0.25) is 0 Å². The second-order valence-corrected chi connectivity index (χ2v) is 8.00. The molecule has 0 atom stereocenters. The van der Waals surface area contributed by atoms with Crippen LogP contribution in [-0.4, -0.2) is 44.5 Å². The molecular formula is C25H25N5O. The number of nitrogens with one attached hydrogen (secondary N) is 1. The van der Waals surface area contributed by atoms with Gasteiger partial charge in [0.25, 0.3) is 5.91 Å². The Morgan fingerprint density at radius 2 is 1.68 bits per heavy atom. The van der Waals surface area contributed by atoms with Gasteiger partial charge in [-0.2, -0.15) is 5.10 Å². The van der Waals surface area contributed by atoms with E-state index in [4.69, 9.17) is 0 Å². The molecular weight excluding hydrogens is 386 g/mol. The summed E-state index contributed by atoms with van der Waals surface area (Å²) in [5.41, 5.74) is 4.39. The fourth-order valence-electron chi connectivity index (χ4n) is 4.22. The van der Waals surface area contributed by atoms with Crippen molar-refractivity contribution in [2.24, 2.45) is 0 Å². The van der Waals surface area contributed by atoms with Crippen molar-refractivity contribution >= 4 is 11.6 Å². The van der Waals surface area contributed by atoms with Gasteiger partial charge in [-0.3, -0.25) is 9.69 Å². The van der Waals surface area contributed by atoms with Crippen LogP contribution in [0.3, 0.4) is 0 Å². The van der Waals surface area contributed by atoms with Gasteiger partial charge in [0.05, 0.1) is 11.9 Å². The molecule has 1 aliphatic heterocycles. The molecule has 4 aromatic rings. The lowest BCUT2D eigenvalue weighted by molar-refractivity contribution is 0.0910. The number of amides is 1. The van der Waals surface area contributed by atoms with Crippen LogP contribution in [0.25, 0.3) is 16.9 Å². The molecule has 6 nitrogen and oxygen atoms in total. The highest BCUT2D eigenvalue weighted by Crippen LogP contribution is 2.21. The lowest BCUT2D eigenvalue weighted by atomic mass is 10.0. The number of nitrogens with zero attached hydrogens (tertiary/aromatic N) is 4. The monoisotopic (exact) mass is 411 g/mol. The molecule has 0 radical (unpaired) electrons. The molecule has 0 aliphatic carbocycles. The van der Waals surface area contributed by atoms with E-state index in [0.29, 0.717) is 11.2 Å². The molecule has 2 aromatic carbocycles. The molecule has 31 heavy (non-hydrogen) atoms. The first-order valence-electron chi connectivity index (χ1n) is 10.7. The smallest absolute Gasteiger partial charge is 0.256 e. The molecule has 156 valence electrons. The van der Waals surface area contributed by atoms with E-state index >= 15 is 0 Å². The molecule has 1 saturated heterocycles. The summed E-state index contributed by atoms with van der Waals surface area (Å²) >= 11 is 0. The average molecular weight is 412 g/mol. The third-order valence-electron chi connectivity index (χ3n) is 5.89. The summed E-state index contributed by atoms with van der Waals surface area (Å²) in [5.74, 6) is -0.103. The minimum absolute atomic E-state index is 0.103. The van der Waals surface area contributed by atoms with Crippen LogP contribution < -0.4 is 5.32 Å². The molecule has 1 amide bonds. The van der Waals surface area contributed by atoms with Crippen LogP contribution in [0.5, 0.6) is 0 Å². The van der Waals surface area contributed by atoms with Crippen LogP contribution in [0.4, 0.5) is 0 Å². The fourth-order valence-corrected chi connectivity index (χ4v) is 4.22. The third kappa shape index (κ3) is 4.20. The maximum Gasteiger partial charge on any atom is 0.256 e. The van der Waals surface area contributed by atoms with Crippen molar-refractivity contribution in [2.75, 3.05) is 13.1 Å². The highest BCUT2D eigenvalue weighted by atomic mass is 16.1. The summed E-state index contributed by atoms with van der Waals surface area (Å²) in [7, 11) is 0. The molecule has 6 heteroatoms. The number of carbonyl (C=O) groups excluding carboxylic acids is 1. The summed E-state index contributed by atoms with van der Waals surface area (Å²) < 4.78 is 1.74. The average Bonchev–Trinajstić information content (AvgIpc) is 3.26. The molecule has 0 bridgehead atoms. The standard InChI is InChI=1S/C25H25N5O/c31-25(28-21-12-15-29(16-13-21)18-19-7-3-1-4-8-19)22-17-27-30-23(11-14-26-24(22)30)20-9-5-2-6-10-20/h1-11,14,17,21H,12-13,15-16,18H2,(H,28,31). The maximum absolute atomic E-state index is 13.0. The number of hydrogen-bond acceptors (Lipinski definition) is 4. The number of piperidine rings is 1. The molecule has 2 aromatic heterocycles. The van der Waals surface area contributed by atoms with Crippen LogP contribution in [0.15, 0.2) is 79.1 Å². The molecule has 0 saturated carbocycles. The normalized spacial score (nSPS) is 15.2. The van der Waals surface area contributed by atoms with E-state index in [1.807, 2.05) is 42.5 Å². The van der Waals surface area contributed by atoms with Gasteiger partial charge in [-0.25, -0.2) is 9.50 Å². The van der Waals surface area contributed by atoms with Gasteiger partial charge >= 0.3 is 0 Å². The van der Waals surface area contributed by atoms with Gasteiger partial charge in [0.1, 0.15) is 5.56 Å². The lowest BCUT2D eigenvalue weighted by Crippen LogP contribution is -2.44. The first-order chi connectivity index (χ1) is 15.3. The lowest BCUT2D eigenvalue weighted by Gasteiger charge is -2.32. The van der Waals surface area contributed by atoms with Crippen molar-refractivity contribution in [1.29, 1.82) is 0 Å². The summed E-state index contributed by atoms with van der Waals surface area (Å²) in [6.45, 7) is 2.91. The Kier molecular flexibility index (Phi) is 5.46.